The number of nitrogens with two attached hydrogens (primary N) is 1. The van der Waals surface area contributed by atoms with Crippen LogP contribution in [0, 0.1) is 0 Å². The first-order chi connectivity index (χ1) is 15.9. The van der Waals surface area contributed by atoms with Crippen LogP contribution in [-0.2, 0) is 38.2 Å². The van der Waals surface area contributed by atoms with Gasteiger partial charge in [-0.3, -0.25) is 28.8 Å². The molecule has 204 valence electrons. The maximum Gasteiger partial charge on any atom is 0.325 e. The molecule has 0 bridgehead atoms. The summed E-state index contributed by atoms with van der Waals surface area (Å²) < 4.78 is 9.84. The number of rotatable bonds is 11. The lowest BCUT2D eigenvalue weighted by Gasteiger charge is -2.19. The molecule has 0 atom stereocenters. The Bertz CT molecular complexity index is 690. The summed E-state index contributed by atoms with van der Waals surface area (Å²) in [5.41, 5.74) is 4.04. The minimum Gasteiger partial charge on any atom is -0.481 e. The molecule has 0 aromatic heterocycles. The second-order valence-corrected chi connectivity index (χ2v) is 9.33. The number of Topliss-reactive ketones (excluding diaryl/α,β-unsaturated/α-hetero) is 2. The zero-order valence-electron chi connectivity index (χ0n) is 22.4. The average Bonchev–Trinajstić information content (AvgIpc) is 2.72. The number of carbonyl (C=O) groups excluding carboxylic acids is 5. The van der Waals surface area contributed by atoms with Crippen molar-refractivity contribution in [3.63, 3.8) is 0 Å². The summed E-state index contributed by atoms with van der Waals surface area (Å²) in [4.78, 5) is 64.3. The fourth-order valence-electron chi connectivity index (χ4n) is 1.87. The third-order valence-electron chi connectivity index (χ3n) is 3.47. The van der Waals surface area contributed by atoms with Gasteiger partial charge in [-0.25, -0.2) is 0 Å². The van der Waals surface area contributed by atoms with E-state index in [0.717, 1.165) is 0 Å². The van der Waals surface area contributed by atoms with Crippen LogP contribution in [0.3, 0.4) is 0 Å². The van der Waals surface area contributed by atoms with E-state index in [9.17, 15) is 28.8 Å². The Morgan fingerprint density at radius 1 is 0.714 bits per heavy atom. The first-order valence-electron chi connectivity index (χ1n) is 11.5. The van der Waals surface area contributed by atoms with Crippen molar-refractivity contribution in [2.24, 2.45) is 5.73 Å². The van der Waals surface area contributed by atoms with Crippen LogP contribution in [0.1, 0.15) is 93.9 Å². The third kappa shape index (κ3) is 33.4. The zero-order chi connectivity index (χ0) is 28.2. The monoisotopic (exact) mass is 504 g/mol. The molecule has 0 aromatic rings. The molecule has 0 aliphatic heterocycles. The number of hydrogen-bond donors (Lipinski definition) is 3. The number of nitrogens with one attached hydrogen (secondary N) is 1. The number of hydrogen-bond acceptors (Lipinski definition) is 9. The molecule has 0 aliphatic carbocycles. The van der Waals surface area contributed by atoms with Gasteiger partial charge in [0.15, 0.2) is 0 Å². The van der Waals surface area contributed by atoms with Crippen molar-refractivity contribution < 1.29 is 43.3 Å². The van der Waals surface area contributed by atoms with Crippen LogP contribution in [-0.4, -0.2) is 64.8 Å². The zero-order valence-corrected chi connectivity index (χ0v) is 22.4. The van der Waals surface area contributed by atoms with E-state index in [1.54, 1.807) is 55.4 Å². The number of esters is 2. The summed E-state index contributed by atoms with van der Waals surface area (Å²) in [6.07, 6.45) is 1.34. The fraction of sp³-hybridized carbons (Fsp3) is 0.750. The van der Waals surface area contributed by atoms with Crippen molar-refractivity contribution in [2.45, 2.75) is 105 Å². The van der Waals surface area contributed by atoms with Crippen LogP contribution in [0.25, 0.3) is 0 Å². The Kier molecular flexibility index (Phi) is 20.5. The van der Waals surface area contributed by atoms with E-state index in [0.29, 0.717) is 12.8 Å². The molecule has 35 heavy (non-hydrogen) atoms. The minimum absolute atomic E-state index is 0.0115. The van der Waals surface area contributed by atoms with Gasteiger partial charge >= 0.3 is 17.9 Å². The van der Waals surface area contributed by atoms with Crippen LogP contribution < -0.4 is 11.1 Å². The van der Waals surface area contributed by atoms with E-state index in [1.807, 2.05) is 0 Å². The van der Waals surface area contributed by atoms with Gasteiger partial charge in [-0.1, -0.05) is 13.8 Å². The highest BCUT2D eigenvalue weighted by Crippen LogP contribution is 2.06. The number of amides is 1. The summed E-state index contributed by atoms with van der Waals surface area (Å²) in [5, 5.41) is 10.5. The van der Waals surface area contributed by atoms with Gasteiger partial charge in [0.25, 0.3) is 0 Å². The smallest absolute Gasteiger partial charge is 0.325 e. The number of carbonyl (C=O) groups is 6. The molecule has 11 heteroatoms. The molecule has 0 fully saturated rings. The highest BCUT2D eigenvalue weighted by atomic mass is 16.6. The Morgan fingerprint density at radius 2 is 1.11 bits per heavy atom. The molecule has 0 saturated heterocycles. The second kappa shape index (κ2) is 19.5. The predicted octanol–water partition coefficient (Wildman–Crippen LogP) is 2.32. The van der Waals surface area contributed by atoms with E-state index in [4.69, 9.17) is 20.3 Å². The molecule has 11 nitrogen and oxygen atoms in total. The van der Waals surface area contributed by atoms with Gasteiger partial charge in [-0.05, 0) is 41.5 Å². The Balaban J connectivity index is -0.000000481. The minimum atomic E-state index is -0.906. The number of carboxylic acids is 1. The molecule has 0 rings (SSSR count). The number of carboxylic acid groups (broad SMARTS) is 1. The predicted molar refractivity (Wildman–Crippen MR) is 130 cm³/mol. The molecule has 4 N–H and O–H groups in total. The molecule has 0 unspecified atom stereocenters. The summed E-state index contributed by atoms with van der Waals surface area (Å²) >= 11 is 0. The first kappa shape index (κ1) is 36.7. The standard InChI is InChI=1S/C12H21NO4.C6H13NO2.C6H10O3/c1-5-9(14)6-7-10(15)13-8-11(16)17-12(2,3)4;1-6(2,3)9-5(8)4-7;1-2-5(7)3-4-6(8)9/h5-8H2,1-4H3,(H,13,15);4,7H2,1-3H3;2-4H2,1H3,(H,8,9). The molecule has 0 radical (unpaired) electrons. The third-order valence-corrected chi connectivity index (χ3v) is 3.47. The van der Waals surface area contributed by atoms with E-state index in [1.165, 1.54) is 0 Å². The van der Waals surface area contributed by atoms with E-state index >= 15 is 0 Å². The maximum atomic E-state index is 11.3. The van der Waals surface area contributed by atoms with Crippen molar-refractivity contribution in [3.8, 4) is 0 Å². The second-order valence-electron chi connectivity index (χ2n) is 9.33. The Labute approximate surface area is 208 Å². The number of ketones is 2. The summed E-state index contributed by atoms with van der Waals surface area (Å²) in [5.74, 6) is -2.00. The lowest BCUT2D eigenvalue weighted by Crippen LogP contribution is -2.34. The fourth-order valence-corrected chi connectivity index (χ4v) is 1.87. The van der Waals surface area contributed by atoms with E-state index < -0.39 is 23.1 Å². The van der Waals surface area contributed by atoms with Crippen LogP contribution in [0.15, 0.2) is 0 Å². The van der Waals surface area contributed by atoms with Crippen molar-refractivity contribution >= 4 is 35.4 Å². The van der Waals surface area contributed by atoms with E-state index in [-0.39, 0.29) is 62.2 Å². The maximum absolute atomic E-state index is 11.3. The molecular weight excluding hydrogens is 460 g/mol. The van der Waals surface area contributed by atoms with Crippen molar-refractivity contribution in [3.05, 3.63) is 0 Å². The summed E-state index contributed by atoms with van der Waals surface area (Å²) in [6.45, 7) is 14.0. The molecule has 0 spiro atoms. The molecule has 0 heterocycles. The molecule has 1 amide bonds. The SMILES string of the molecule is CC(C)(C)OC(=O)CN.CCC(=O)CCC(=O)NCC(=O)OC(C)(C)C.CCC(=O)CCC(=O)O. The van der Waals surface area contributed by atoms with Gasteiger partial charge in [0.2, 0.25) is 5.91 Å². The van der Waals surface area contributed by atoms with Gasteiger partial charge in [0.1, 0.15) is 29.3 Å². The molecule has 0 aliphatic rings. The molecule has 0 aromatic carbocycles. The quantitative estimate of drug-likeness (QED) is 0.353. The highest BCUT2D eigenvalue weighted by molar-refractivity contribution is 5.86. The first-order valence-corrected chi connectivity index (χ1v) is 11.5. The van der Waals surface area contributed by atoms with Crippen molar-refractivity contribution in [2.75, 3.05) is 13.1 Å². The number of aliphatic carboxylic acids is 1. The largest absolute Gasteiger partial charge is 0.481 e. The highest BCUT2D eigenvalue weighted by Gasteiger charge is 2.17. The summed E-state index contributed by atoms with van der Waals surface area (Å²) in [7, 11) is 0. The average molecular weight is 505 g/mol. The molecule has 0 saturated carbocycles. The van der Waals surface area contributed by atoms with Gasteiger partial charge in [0, 0.05) is 32.1 Å². The van der Waals surface area contributed by atoms with Gasteiger partial charge in [-0.15, -0.1) is 0 Å². The van der Waals surface area contributed by atoms with Crippen molar-refractivity contribution in [1.29, 1.82) is 0 Å². The van der Waals surface area contributed by atoms with Gasteiger partial charge in [0.05, 0.1) is 13.0 Å². The molecular formula is C24H44N2O9. The summed E-state index contributed by atoms with van der Waals surface area (Å²) in [6, 6.07) is 0. The Morgan fingerprint density at radius 3 is 1.43 bits per heavy atom. The van der Waals surface area contributed by atoms with Gasteiger partial charge in [-0.2, -0.15) is 0 Å². The van der Waals surface area contributed by atoms with Crippen LogP contribution in [0.5, 0.6) is 0 Å². The lowest BCUT2D eigenvalue weighted by atomic mass is 10.2. The topological polar surface area (TPSA) is 179 Å². The van der Waals surface area contributed by atoms with Crippen molar-refractivity contribution in [1.82, 2.24) is 5.32 Å². The van der Waals surface area contributed by atoms with Crippen LogP contribution in [0.4, 0.5) is 0 Å². The normalized spacial score (nSPS) is 10.4. The number of ether oxygens (including phenoxy) is 2. The van der Waals surface area contributed by atoms with Crippen LogP contribution in [0.2, 0.25) is 0 Å². The lowest BCUT2D eigenvalue weighted by molar-refractivity contribution is -0.155. The van der Waals surface area contributed by atoms with E-state index in [2.05, 4.69) is 5.32 Å². The van der Waals surface area contributed by atoms with Crippen LogP contribution >= 0.6 is 0 Å². The van der Waals surface area contributed by atoms with Gasteiger partial charge < -0.3 is 25.6 Å². The Hall–Kier alpha value is -2.82.